The van der Waals surface area contributed by atoms with Crippen LogP contribution in [0.1, 0.15) is 65.5 Å². The number of alkyl carbamates (subject to hydrolysis) is 1. The molecule has 0 aliphatic rings. The quantitative estimate of drug-likeness (QED) is 0.632. The van der Waals surface area contributed by atoms with Gasteiger partial charge in [-0.1, -0.05) is 17.7 Å². The summed E-state index contributed by atoms with van der Waals surface area (Å²) in [6.45, 7) is 11.3. The lowest BCUT2D eigenvalue weighted by Gasteiger charge is -2.26. The Morgan fingerprint density at radius 2 is 1.63 bits per heavy atom. The van der Waals surface area contributed by atoms with Crippen molar-refractivity contribution in [3.63, 3.8) is 0 Å². The number of benzene rings is 1. The van der Waals surface area contributed by atoms with Gasteiger partial charge in [-0.05, 0) is 61.0 Å². The molecule has 30 heavy (non-hydrogen) atoms. The van der Waals surface area contributed by atoms with Gasteiger partial charge in [-0.25, -0.2) is 14.0 Å². The second-order valence-corrected chi connectivity index (χ2v) is 9.11. The first-order chi connectivity index (χ1) is 13.7. The van der Waals surface area contributed by atoms with Crippen molar-refractivity contribution in [2.75, 3.05) is 5.32 Å². The lowest BCUT2D eigenvalue weighted by molar-refractivity contribution is -0.157. The Balaban J connectivity index is 2.81. The van der Waals surface area contributed by atoms with E-state index >= 15 is 0 Å². The van der Waals surface area contributed by atoms with Crippen molar-refractivity contribution in [3.8, 4) is 0 Å². The van der Waals surface area contributed by atoms with Gasteiger partial charge in [0.2, 0.25) is 5.91 Å². The van der Waals surface area contributed by atoms with Gasteiger partial charge in [-0.3, -0.25) is 4.79 Å². The summed E-state index contributed by atoms with van der Waals surface area (Å²) in [5, 5.41) is 5.12. The summed E-state index contributed by atoms with van der Waals surface area (Å²) in [5.41, 5.74) is 0.132. The molecular formula is C22H33FN2O5. The molecule has 0 saturated heterocycles. The van der Waals surface area contributed by atoms with Crippen LogP contribution in [-0.4, -0.2) is 35.2 Å². The van der Waals surface area contributed by atoms with Gasteiger partial charge in [0, 0.05) is 17.7 Å². The van der Waals surface area contributed by atoms with Crippen molar-refractivity contribution in [1.82, 2.24) is 5.32 Å². The summed E-state index contributed by atoms with van der Waals surface area (Å²) < 4.78 is 23.7. The van der Waals surface area contributed by atoms with E-state index < -0.39 is 41.9 Å². The molecule has 0 aliphatic heterocycles. The van der Waals surface area contributed by atoms with Crippen LogP contribution in [0.4, 0.5) is 14.9 Å². The maximum atomic E-state index is 13.2. The number of alkyl halides is 1. The molecule has 0 radical (unpaired) electrons. The smallest absolute Gasteiger partial charge is 0.408 e. The second-order valence-electron chi connectivity index (χ2n) is 9.11. The van der Waals surface area contributed by atoms with Crippen LogP contribution >= 0.6 is 0 Å². The minimum atomic E-state index is -1.07. The fourth-order valence-corrected chi connectivity index (χ4v) is 2.51. The van der Waals surface area contributed by atoms with E-state index in [1.54, 1.807) is 59.7 Å². The molecule has 0 spiro atoms. The van der Waals surface area contributed by atoms with Gasteiger partial charge in [-0.2, -0.15) is 0 Å². The summed E-state index contributed by atoms with van der Waals surface area (Å²) in [6, 6.07) is 3.99. The van der Waals surface area contributed by atoms with Gasteiger partial charge in [0.25, 0.3) is 0 Å². The Morgan fingerprint density at radius 1 is 1.03 bits per heavy atom. The van der Waals surface area contributed by atoms with E-state index in [2.05, 4.69) is 10.6 Å². The van der Waals surface area contributed by atoms with Crippen molar-refractivity contribution in [1.29, 1.82) is 0 Å². The molecule has 1 rings (SSSR count). The van der Waals surface area contributed by atoms with Crippen LogP contribution in [0.2, 0.25) is 0 Å². The first-order valence-corrected chi connectivity index (χ1v) is 9.88. The summed E-state index contributed by atoms with van der Waals surface area (Å²) in [5.74, 6) is -1.07. The lowest BCUT2D eigenvalue weighted by Crippen LogP contribution is -2.46. The van der Waals surface area contributed by atoms with E-state index in [1.165, 1.54) is 0 Å². The van der Waals surface area contributed by atoms with Crippen LogP contribution in [-0.2, 0) is 25.7 Å². The number of carbonyl (C=O) groups is 3. The van der Waals surface area contributed by atoms with Crippen LogP contribution in [0.3, 0.4) is 0 Å². The second kappa shape index (κ2) is 10.4. The van der Waals surface area contributed by atoms with E-state index in [1.807, 2.05) is 6.92 Å². The van der Waals surface area contributed by atoms with E-state index in [0.29, 0.717) is 11.3 Å². The molecule has 0 heterocycles. The predicted octanol–water partition coefficient (Wildman–Crippen LogP) is 4.42. The minimum Gasteiger partial charge on any atom is -0.458 e. The SMILES string of the molecule is Cc1ccc(NC(=O)CC[C@H](NC(=O)OC(C)(C)C)C(=O)OC(C)(C)C)c(CF)c1. The average Bonchev–Trinajstić information content (AvgIpc) is 2.56. The monoisotopic (exact) mass is 424 g/mol. The van der Waals surface area contributed by atoms with Crippen LogP contribution < -0.4 is 10.6 Å². The molecule has 8 heteroatoms. The molecule has 1 atom stereocenters. The van der Waals surface area contributed by atoms with Gasteiger partial charge in [0.1, 0.15) is 23.9 Å². The molecule has 7 nitrogen and oxygen atoms in total. The highest BCUT2D eigenvalue weighted by Crippen LogP contribution is 2.19. The Bertz CT molecular complexity index is 766. The highest BCUT2D eigenvalue weighted by Gasteiger charge is 2.29. The average molecular weight is 425 g/mol. The van der Waals surface area contributed by atoms with Gasteiger partial charge in [-0.15, -0.1) is 0 Å². The number of anilines is 1. The first-order valence-electron chi connectivity index (χ1n) is 9.88. The molecule has 0 fully saturated rings. The number of hydrogen-bond acceptors (Lipinski definition) is 5. The summed E-state index contributed by atoms with van der Waals surface area (Å²) in [7, 11) is 0. The summed E-state index contributed by atoms with van der Waals surface area (Å²) in [6.07, 6.45) is -0.868. The third-order valence-electron chi connectivity index (χ3n) is 3.72. The van der Waals surface area contributed by atoms with Crippen molar-refractivity contribution in [3.05, 3.63) is 29.3 Å². The highest BCUT2D eigenvalue weighted by atomic mass is 19.1. The molecule has 0 unspecified atom stereocenters. The molecule has 2 amide bonds. The number of hydrogen-bond donors (Lipinski definition) is 2. The summed E-state index contributed by atoms with van der Waals surface area (Å²) >= 11 is 0. The van der Waals surface area contributed by atoms with E-state index in [9.17, 15) is 18.8 Å². The molecule has 168 valence electrons. The van der Waals surface area contributed by atoms with Crippen molar-refractivity contribution >= 4 is 23.7 Å². The third-order valence-corrected chi connectivity index (χ3v) is 3.72. The maximum absolute atomic E-state index is 13.2. The lowest BCUT2D eigenvalue weighted by atomic mass is 10.1. The van der Waals surface area contributed by atoms with Crippen LogP contribution in [0.25, 0.3) is 0 Å². The van der Waals surface area contributed by atoms with Gasteiger partial charge in [0.15, 0.2) is 0 Å². The Hall–Kier alpha value is -2.64. The van der Waals surface area contributed by atoms with Crippen LogP contribution in [0.15, 0.2) is 18.2 Å². The third kappa shape index (κ3) is 9.71. The number of amides is 2. The minimum absolute atomic E-state index is 0.00317. The normalized spacial score (nSPS) is 12.7. The summed E-state index contributed by atoms with van der Waals surface area (Å²) in [4.78, 5) is 37.0. The van der Waals surface area contributed by atoms with E-state index in [4.69, 9.17) is 9.47 Å². The first kappa shape index (κ1) is 25.4. The number of carbonyl (C=O) groups excluding carboxylic acids is 3. The van der Waals surface area contributed by atoms with Gasteiger partial charge in [0.05, 0.1) is 0 Å². The fraction of sp³-hybridized carbons (Fsp3) is 0.591. The largest absolute Gasteiger partial charge is 0.458 e. The number of ether oxygens (including phenoxy) is 2. The zero-order valence-corrected chi connectivity index (χ0v) is 18.8. The predicted molar refractivity (Wildman–Crippen MR) is 113 cm³/mol. The Labute approximate surface area is 177 Å². The molecule has 0 aromatic heterocycles. The van der Waals surface area contributed by atoms with Gasteiger partial charge >= 0.3 is 12.1 Å². The van der Waals surface area contributed by atoms with E-state index in [0.717, 1.165) is 5.56 Å². The molecule has 0 aliphatic carbocycles. The molecule has 1 aromatic rings. The molecule has 1 aromatic carbocycles. The molecular weight excluding hydrogens is 391 g/mol. The number of esters is 1. The molecule has 0 saturated carbocycles. The van der Waals surface area contributed by atoms with Crippen molar-refractivity contribution < 1.29 is 28.2 Å². The Morgan fingerprint density at radius 3 is 2.17 bits per heavy atom. The highest BCUT2D eigenvalue weighted by molar-refractivity contribution is 5.92. The number of halogens is 1. The molecule has 0 bridgehead atoms. The van der Waals surface area contributed by atoms with Crippen molar-refractivity contribution in [2.24, 2.45) is 0 Å². The Kier molecular flexibility index (Phi) is 8.81. The van der Waals surface area contributed by atoms with E-state index in [-0.39, 0.29) is 12.8 Å². The topological polar surface area (TPSA) is 93.7 Å². The number of aryl methyl sites for hydroxylation is 1. The van der Waals surface area contributed by atoms with Crippen molar-refractivity contribution in [2.45, 2.75) is 85.2 Å². The fourth-order valence-electron chi connectivity index (χ4n) is 2.51. The molecule has 2 N–H and O–H groups in total. The standard InChI is InChI=1S/C22H33FN2O5/c1-14-8-9-16(15(12-14)13-23)24-18(26)11-10-17(19(27)29-21(2,3)4)25-20(28)30-22(5,6)7/h8-9,12,17H,10-11,13H2,1-7H3,(H,24,26)(H,25,28)/t17-/m0/s1. The zero-order chi connectivity index (χ0) is 23.1. The van der Waals surface area contributed by atoms with Gasteiger partial charge < -0.3 is 20.1 Å². The van der Waals surface area contributed by atoms with Crippen LogP contribution in [0.5, 0.6) is 0 Å². The zero-order valence-electron chi connectivity index (χ0n) is 18.8. The number of rotatable bonds is 7. The number of nitrogens with one attached hydrogen (secondary N) is 2. The maximum Gasteiger partial charge on any atom is 0.408 e. The van der Waals surface area contributed by atoms with Crippen LogP contribution in [0, 0.1) is 6.92 Å².